The first-order valence-electron chi connectivity index (χ1n) is 5.82. The average Bonchev–Trinajstić information content (AvgIpc) is 2.40. The zero-order valence-electron chi connectivity index (χ0n) is 9.91. The van der Waals surface area contributed by atoms with Gasteiger partial charge in [-0.3, -0.25) is 4.79 Å². The Balaban J connectivity index is 2.36. The van der Waals surface area contributed by atoms with Crippen LogP contribution < -0.4 is 0 Å². The van der Waals surface area contributed by atoms with E-state index >= 15 is 0 Å². The highest BCUT2D eigenvalue weighted by molar-refractivity contribution is 6.31. The summed E-state index contributed by atoms with van der Waals surface area (Å²) in [7, 11) is 0. The van der Waals surface area contributed by atoms with Crippen molar-refractivity contribution in [3.8, 4) is 0 Å². The molecule has 18 heavy (non-hydrogen) atoms. The van der Waals surface area contributed by atoms with Crippen LogP contribution in [-0.4, -0.2) is 5.78 Å². The molecule has 1 aliphatic rings. The highest BCUT2D eigenvalue weighted by atomic mass is 35.5. The van der Waals surface area contributed by atoms with Gasteiger partial charge in [-0.1, -0.05) is 48.0 Å². The van der Waals surface area contributed by atoms with E-state index in [0.717, 1.165) is 22.3 Å². The number of carbonyl (C=O) groups excluding carboxylic acids is 1. The Bertz CT molecular complexity index is 683. The van der Waals surface area contributed by atoms with Gasteiger partial charge in [-0.05, 0) is 35.8 Å². The lowest BCUT2D eigenvalue weighted by atomic mass is 9.81. The average molecular weight is 255 g/mol. The monoisotopic (exact) mass is 254 g/mol. The molecule has 0 unspecified atom stereocenters. The molecule has 0 saturated heterocycles. The maximum atomic E-state index is 12.4. The zero-order chi connectivity index (χ0) is 12.7. The zero-order valence-corrected chi connectivity index (χ0v) is 10.7. The number of hydrogen-bond donors (Lipinski definition) is 0. The summed E-state index contributed by atoms with van der Waals surface area (Å²) in [5, 5.41) is 0.594. The Morgan fingerprint density at radius 1 is 0.944 bits per heavy atom. The third-order valence-corrected chi connectivity index (χ3v) is 3.50. The van der Waals surface area contributed by atoms with Gasteiger partial charge in [-0.25, -0.2) is 0 Å². The molecule has 0 radical (unpaired) electrons. The standard InChI is InChI=1S/C16H11ClO/c1-2-11-12-5-3-4-6-14(12)16(18)15-9-10(17)7-8-13(11)15/h2-9H,1H3. The van der Waals surface area contributed by atoms with E-state index in [4.69, 9.17) is 11.6 Å². The fourth-order valence-corrected chi connectivity index (χ4v) is 2.63. The Morgan fingerprint density at radius 2 is 1.61 bits per heavy atom. The molecule has 2 heteroatoms. The third kappa shape index (κ3) is 1.52. The summed E-state index contributed by atoms with van der Waals surface area (Å²) in [6, 6.07) is 13.2. The van der Waals surface area contributed by atoms with Crippen LogP contribution in [0.5, 0.6) is 0 Å². The van der Waals surface area contributed by atoms with E-state index in [1.807, 2.05) is 49.4 Å². The number of benzene rings is 2. The number of rotatable bonds is 0. The maximum absolute atomic E-state index is 12.4. The summed E-state index contributed by atoms with van der Waals surface area (Å²) in [5.74, 6) is 0.0497. The lowest BCUT2D eigenvalue weighted by molar-refractivity contribution is 0.103. The second-order valence-electron chi connectivity index (χ2n) is 4.27. The van der Waals surface area contributed by atoms with E-state index < -0.39 is 0 Å². The molecular formula is C16H11ClO. The van der Waals surface area contributed by atoms with Crippen LogP contribution in [0.3, 0.4) is 0 Å². The van der Waals surface area contributed by atoms with Crippen molar-refractivity contribution < 1.29 is 4.79 Å². The van der Waals surface area contributed by atoms with Gasteiger partial charge in [-0.2, -0.15) is 0 Å². The van der Waals surface area contributed by atoms with Crippen LogP contribution in [0.2, 0.25) is 5.02 Å². The van der Waals surface area contributed by atoms with Crippen molar-refractivity contribution in [1.29, 1.82) is 0 Å². The minimum absolute atomic E-state index is 0.0497. The van der Waals surface area contributed by atoms with E-state index in [0.29, 0.717) is 10.6 Å². The summed E-state index contributed by atoms with van der Waals surface area (Å²) in [4.78, 5) is 12.4. The number of fused-ring (bicyclic) bond motifs is 2. The number of carbonyl (C=O) groups is 1. The van der Waals surface area contributed by atoms with Crippen molar-refractivity contribution in [2.24, 2.45) is 0 Å². The number of hydrogen-bond acceptors (Lipinski definition) is 1. The maximum Gasteiger partial charge on any atom is 0.194 e. The summed E-state index contributed by atoms with van der Waals surface area (Å²) >= 11 is 5.99. The molecule has 2 aromatic rings. The Morgan fingerprint density at radius 3 is 2.33 bits per heavy atom. The SMILES string of the molecule is CC=C1c2ccccc2C(=O)c2cc(Cl)ccc21. The van der Waals surface area contributed by atoms with Crippen LogP contribution in [0.4, 0.5) is 0 Å². The first kappa shape index (κ1) is 11.2. The molecule has 1 nitrogen and oxygen atoms in total. The molecule has 0 atom stereocenters. The van der Waals surface area contributed by atoms with Crippen LogP contribution in [0, 0.1) is 0 Å². The van der Waals surface area contributed by atoms with Crippen molar-refractivity contribution in [1.82, 2.24) is 0 Å². The van der Waals surface area contributed by atoms with E-state index in [1.165, 1.54) is 0 Å². The van der Waals surface area contributed by atoms with Crippen LogP contribution in [0.25, 0.3) is 5.57 Å². The highest BCUT2D eigenvalue weighted by Gasteiger charge is 2.25. The smallest absolute Gasteiger partial charge is 0.194 e. The molecular weight excluding hydrogens is 244 g/mol. The van der Waals surface area contributed by atoms with Gasteiger partial charge in [0.15, 0.2) is 5.78 Å². The molecule has 88 valence electrons. The fraction of sp³-hybridized carbons (Fsp3) is 0.0625. The van der Waals surface area contributed by atoms with Gasteiger partial charge >= 0.3 is 0 Å². The quantitative estimate of drug-likeness (QED) is 0.583. The van der Waals surface area contributed by atoms with Crippen LogP contribution in [0.1, 0.15) is 34.0 Å². The van der Waals surface area contributed by atoms with Crippen LogP contribution in [-0.2, 0) is 0 Å². The Labute approximate surface area is 111 Å². The summed E-state index contributed by atoms with van der Waals surface area (Å²) in [5.41, 5.74) is 4.50. The van der Waals surface area contributed by atoms with Crippen LogP contribution in [0.15, 0.2) is 48.5 Å². The Kier molecular flexibility index (Phi) is 2.57. The minimum atomic E-state index is 0.0497. The molecule has 1 aliphatic carbocycles. The second kappa shape index (κ2) is 4.11. The number of halogens is 1. The lowest BCUT2D eigenvalue weighted by Gasteiger charge is -2.21. The molecule has 0 N–H and O–H groups in total. The second-order valence-corrected chi connectivity index (χ2v) is 4.70. The van der Waals surface area contributed by atoms with Crippen molar-refractivity contribution in [2.75, 3.05) is 0 Å². The molecule has 0 bridgehead atoms. The Hall–Kier alpha value is -1.86. The van der Waals surface area contributed by atoms with E-state index in [9.17, 15) is 4.79 Å². The van der Waals surface area contributed by atoms with Gasteiger partial charge < -0.3 is 0 Å². The summed E-state index contributed by atoms with van der Waals surface area (Å²) in [6.45, 7) is 1.99. The first-order chi connectivity index (χ1) is 8.72. The molecule has 0 saturated carbocycles. The molecule has 0 aliphatic heterocycles. The van der Waals surface area contributed by atoms with E-state index in [2.05, 4.69) is 0 Å². The largest absolute Gasteiger partial charge is 0.289 e. The molecule has 0 fully saturated rings. The van der Waals surface area contributed by atoms with Crippen molar-refractivity contribution in [2.45, 2.75) is 6.92 Å². The van der Waals surface area contributed by atoms with Crippen molar-refractivity contribution >= 4 is 23.0 Å². The first-order valence-corrected chi connectivity index (χ1v) is 6.20. The van der Waals surface area contributed by atoms with E-state index in [-0.39, 0.29) is 5.78 Å². The molecule has 0 spiro atoms. The summed E-state index contributed by atoms with van der Waals surface area (Å²) in [6.07, 6.45) is 2.04. The predicted octanol–water partition coefficient (Wildman–Crippen LogP) is 4.34. The van der Waals surface area contributed by atoms with E-state index in [1.54, 1.807) is 6.07 Å². The van der Waals surface area contributed by atoms with Crippen molar-refractivity contribution in [3.05, 3.63) is 75.8 Å². The topological polar surface area (TPSA) is 17.1 Å². The molecule has 3 rings (SSSR count). The van der Waals surface area contributed by atoms with Gasteiger partial charge in [0.2, 0.25) is 0 Å². The normalized spacial score (nSPS) is 15.4. The summed E-state index contributed by atoms with van der Waals surface area (Å²) < 4.78 is 0. The molecule has 0 amide bonds. The molecule has 0 heterocycles. The molecule has 0 aromatic heterocycles. The fourth-order valence-electron chi connectivity index (χ4n) is 2.46. The lowest BCUT2D eigenvalue weighted by Crippen LogP contribution is -2.14. The number of ketones is 1. The third-order valence-electron chi connectivity index (χ3n) is 3.27. The predicted molar refractivity (Wildman–Crippen MR) is 74.1 cm³/mol. The number of allylic oxidation sites excluding steroid dienone is 1. The van der Waals surface area contributed by atoms with Gasteiger partial charge in [0.05, 0.1) is 0 Å². The van der Waals surface area contributed by atoms with Gasteiger partial charge in [0, 0.05) is 16.1 Å². The minimum Gasteiger partial charge on any atom is -0.289 e. The molecule has 2 aromatic carbocycles. The van der Waals surface area contributed by atoms with Crippen molar-refractivity contribution in [3.63, 3.8) is 0 Å². The van der Waals surface area contributed by atoms with Gasteiger partial charge in [0.1, 0.15) is 0 Å². The van der Waals surface area contributed by atoms with Crippen LogP contribution >= 0.6 is 11.6 Å². The van der Waals surface area contributed by atoms with Gasteiger partial charge in [0.25, 0.3) is 0 Å². The van der Waals surface area contributed by atoms with Gasteiger partial charge in [-0.15, -0.1) is 0 Å². The highest BCUT2D eigenvalue weighted by Crippen LogP contribution is 2.36.